The number of likely N-dealkylation sites (tertiary alicyclic amines) is 1. The molecule has 130 valence electrons. The van der Waals surface area contributed by atoms with Crippen LogP contribution in [0.3, 0.4) is 0 Å². The van der Waals surface area contributed by atoms with Gasteiger partial charge in [-0.3, -0.25) is 9.59 Å². The van der Waals surface area contributed by atoms with Gasteiger partial charge in [0, 0.05) is 31.2 Å². The molecule has 1 unspecified atom stereocenters. The first-order chi connectivity index (χ1) is 11.4. The number of hydrogen-bond acceptors (Lipinski definition) is 3. The molecular weight excluding hydrogens is 320 g/mol. The second kappa shape index (κ2) is 6.12. The lowest BCUT2D eigenvalue weighted by Gasteiger charge is -2.33. The first kappa shape index (κ1) is 16.8. The van der Waals surface area contributed by atoms with Crippen molar-refractivity contribution in [3.8, 4) is 0 Å². The van der Waals surface area contributed by atoms with Gasteiger partial charge in [-0.2, -0.15) is 0 Å². The van der Waals surface area contributed by atoms with Crippen LogP contribution < -0.4 is 0 Å². The van der Waals surface area contributed by atoms with Gasteiger partial charge in [-0.1, -0.05) is 6.07 Å². The number of benzene rings is 1. The lowest BCUT2D eigenvalue weighted by molar-refractivity contribution is -0.157. The highest BCUT2D eigenvalue weighted by molar-refractivity contribution is 5.85. The van der Waals surface area contributed by atoms with Gasteiger partial charge in [0.05, 0.1) is 17.9 Å². The van der Waals surface area contributed by atoms with E-state index in [0.717, 1.165) is 12.1 Å². The van der Waals surface area contributed by atoms with Gasteiger partial charge in [0.25, 0.3) is 0 Å². The molecule has 1 aromatic carbocycles. The number of amides is 1. The van der Waals surface area contributed by atoms with E-state index in [1.165, 1.54) is 17.9 Å². The largest absolute Gasteiger partial charge is 0.481 e. The van der Waals surface area contributed by atoms with E-state index in [1.54, 1.807) is 0 Å². The Morgan fingerprint density at radius 1 is 1.38 bits per heavy atom. The minimum absolute atomic E-state index is 0.0512. The quantitative estimate of drug-likeness (QED) is 0.915. The Balaban J connectivity index is 1.85. The Hall–Kier alpha value is -2.02. The van der Waals surface area contributed by atoms with Crippen LogP contribution >= 0.6 is 0 Å². The monoisotopic (exact) mass is 339 g/mol. The van der Waals surface area contributed by atoms with Crippen LogP contribution in [0.1, 0.15) is 24.8 Å². The van der Waals surface area contributed by atoms with E-state index in [9.17, 15) is 23.5 Å². The summed E-state index contributed by atoms with van der Waals surface area (Å²) in [6.45, 7) is 2.33. The molecule has 2 aliphatic heterocycles. The Kier molecular flexibility index (Phi) is 4.29. The molecule has 0 saturated carbocycles. The second-order valence-corrected chi connectivity index (χ2v) is 6.56. The van der Waals surface area contributed by atoms with Crippen molar-refractivity contribution < 1.29 is 28.2 Å². The van der Waals surface area contributed by atoms with Crippen LogP contribution in [0.15, 0.2) is 18.2 Å². The SMILES string of the molecule is CC(C(=O)N1C[C@H]2COCC[C@@]2(C(=O)O)C1)c1c(F)cccc1F. The Morgan fingerprint density at radius 2 is 2.04 bits per heavy atom. The molecule has 1 N–H and O–H groups in total. The highest BCUT2D eigenvalue weighted by Gasteiger charge is 2.55. The molecule has 3 rings (SSSR count). The zero-order valence-corrected chi connectivity index (χ0v) is 13.3. The number of carbonyl (C=O) groups excluding carboxylic acids is 1. The summed E-state index contributed by atoms with van der Waals surface area (Å²) in [5, 5.41) is 9.63. The van der Waals surface area contributed by atoms with Gasteiger partial charge >= 0.3 is 5.97 Å². The van der Waals surface area contributed by atoms with Gasteiger partial charge in [-0.05, 0) is 25.5 Å². The molecule has 24 heavy (non-hydrogen) atoms. The first-order valence-electron chi connectivity index (χ1n) is 7.90. The number of rotatable bonds is 3. The molecule has 1 amide bonds. The van der Waals surface area contributed by atoms with E-state index >= 15 is 0 Å². The standard InChI is InChI=1S/C17H19F2NO4/c1-10(14-12(18)3-2-4-13(14)19)15(21)20-7-11-8-24-6-5-17(11,9-20)16(22)23/h2-4,10-11H,5-9H2,1H3,(H,22,23)/t10?,11-,17+/m0/s1. The number of hydrogen-bond donors (Lipinski definition) is 1. The van der Waals surface area contributed by atoms with Crippen LogP contribution in [-0.2, 0) is 14.3 Å². The van der Waals surface area contributed by atoms with E-state index in [1.807, 2.05) is 0 Å². The zero-order valence-electron chi connectivity index (χ0n) is 13.3. The van der Waals surface area contributed by atoms with Crippen LogP contribution in [0.4, 0.5) is 8.78 Å². The van der Waals surface area contributed by atoms with Crippen molar-refractivity contribution in [3.05, 3.63) is 35.4 Å². The molecule has 2 saturated heterocycles. The van der Waals surface area contributed by atoms with Gasteiger partial charge < -0.3 is 14.7 Å². The lowest BCUT2D eigenvalue weighted by atomic mass is 9.74. The number of nitrogens with zero attached hydrogens (tertiary/aromatic N) is 1. The molecule has 7 heteroatoms. The van der Waals surface area contributed by atoms with E-state index in [0.29, 0.717) is 13.0 Å². The first-order valence-corrected chi connectivity index (χ1v) is 7.90. The maximum absolute atomic E-state index is 13.9. The van der Waals surface area contributed by atoms with Crippen molar-refractivity contribution in [3.63, 3.8) is 0 Å². The Labute approximate surface area is 138 Å². The molecule has 2 heterocycles. The maximum atomic E-state index is 13.9. The van der Waals surface area contributed by atoms with Gasteiger partial charge in [-0.25, -0.2) is 8.78 Å². The zero-order chi connectivity index (χ0) is 17.5. The summed E-state index contributed by atoms with van der Waals surface area (Å²) >= 11 is 0. The molecule has 2 aliphatic rings. The average Bonchev–Trinajstić information content (AvgIpc) is 2.94. The summed E-state index contributed by atoms with van der Waals surface area (Å²) in [5.74, 6) is -4.28. The number of aliphatic carboxylic acids is 1. The van der Waals surface area contributed by atoms with Gasteiger partial charge in [0.15, 0.2) is 0 Å². The summed E-state index contributed by atoms with van der Waals surface area (Å²) < 4.78 is 33.2. The van der Waals surface area contributed by atoms with Crippen molar-refractivity contribution in [2.45, 2.75) is 19.3 Å². The van der Waals surface area contributed by atoms with Gasteiger partial charge in [-0.15, -0.1) is 0 Å². The molecule has 1 aromatic rings. The summed E-state index contributed by atoms with van der Waals surface area (Å²) in [7, 11) is 0. The number of halogens is 2. The third kappa shape index (κ3) is 2.56. The summed E-state index contributed by atoms with van der Waals surface area (Å²) in [6, 6.07) is 3.46. The second-order valence-electron chi connectivity index (χ2n) is 6.56. The van der Waals surface area contributed by atoms with Crippen molar-refractivity contribution in [1.82, 2.24) is 4.90 Å². The normalized spacial score (nSPS) is 27.6. The number of carbonyl (C=O) groups is 2. The summed E-state index contributed by atoms with van der Waals surface area (Å²) in [5.41, 5.74) is -1.31. The van der Waals surface area contributed by atoms with Crippen LogP contribution in [0, 0.1) is 23.0 Å². The minimum Gasteiger partial charge on any atom is -0.481 e. The number of fused-ring (bicyclic) bond motifs is 1. The Morgan fingerprint density at radius 3 is 2.62 bits per heavy atom. The topological polar surface area (TPSA) is 66.8 Å². The van der Waals surface area contributed by atoms with Crippen molar-refractivity contribution in [2.75, 3.05) is 26.3 Å². The van der Waals surface area contributed by atoms with Crippen LogP contribution in [-0.4, -0.2) is 48.2 Å². The van der Waals surface area contributed by atoms with Gasteiger partial charge in [0.1, 0.15) is 11.6 Å². The Bertz CT molecular complexity index is 660. The van der Waals surface area contributed by atoms with E-state index in [-0.39, 0.29) is 31.2 Å². The molecule has 0 aliphatic carbocycles. The third-order valence-corrected chi connectivity index (χ3v) is 5.25. The van der Waals surface area contributed by atoms with Crippen LogP contribution in [0.25, 0.3) is 0 Å². The molecule has 0 aromatic heterocycles. The molecule has 0 bridgehead atoms. The maximum Gasteiger partial charge on any atom is 0.311 e. The average molecular weight is 339 g/mol. The molecular formula is C17H19F2NO4. The lowest BCUT2D eigenvalue weighted by Crippen LogP contribution is -2.45. The smallest absolute Gasteiger partial charge is 0.311 e. The highest BCUT2D eigenvalue weighted by Crippen LogP contribution is 2.43. The highest BCUT2D eigenvalue weighted by atomic mass is 19.1. The number of carboxylic acid groups (broad SMARTS) is 1. The molecule has 3 atom stereocenters. The fourth-order valence-corrected chi connectivity index (χ4v) is 3.79. The minimum atomic E-state index is -1.03. The van der Waals surface area contributed by atoms with Crippen LogP contribution in [0.2, 0.25) is 0 Å². The third-order valence-electron chi connectivity index (χ3n) is 5.25. The number of ether oxygens (including phenoxy) is 1. The van der Waals surface area contributed by atoms with Crippen molar-refractivity contribution >= 4 is 11.9 Å². The molecule has 2 fully saturated rings. The van der Waals surface area contributed by atoms with E-state index < -0.39 is 34.8 Å². The van der Waals surface area contributed by atoms with Crippen molar-refractivity contribution in [1.29, 1.82) is 0 Å². The molecule has 0 radical (unpaired) electrons. The van der Waals surface area contributed by atoms with E-state index in [2.05, 4.69) is 0 Å². The molecule has 5 nitrogen and oxygen atoms in total. The van der Waals surface area contributed by atoms with Crippen molar-refractivity contribution in [2.24, 2.45) is 11.3 Å². The van der Waals surface area contributed by atoms with Crippen LogP contribution in [0.5, 0.6) is 0 Å². The summed E-state index contributed by atoms with van der Waals surface area (Å²) in [6.07, 6.45) is 0.333. The summed E-state index contributed by atoms with van der Waals surface area (Å²) in [4.78, 5) is 25.9. The predicted molar refractivity (Wildman–Crippen MR) is 80.3 cm³/mol. The van der Waals surface area contributed by atoms with Gasteiger partial charge in [0.2, 0.25) is 5.91 Å². The number of carboxylic acids is 1. The van der Waals surface area contributed by atoms with E-state index in [4.69, 9.17) is 4.74 Å². The molecule has 0 spiro atoms. The fraction of sp³-hybridized carbons (Fsp3) is 0.529. The predicted octanol–water partition coefficient (Wildman–Crippen LogP) is 2.02. The fourth-order valence-electron chi connectivity index (χ4n) is 3.79.